The second-order valence-corrected chi connectivity index (χ2v) is 5.25. The third-order valence-corrected chi connectivity index (χ3v) is 3.87. The first-order chi connectivity index (χ1) is 10.1. The zero-order valence-electron chi connectivity index (χ0n) is 11.8. The molecule has 1 saturated heterocycles. The average molecular weight is 290 g/mol. The Hall–Kier alpha value is -2.12. The van der Waals surface area contributed by atoms with E-state index in [1.54, 1.807) is 25.3 Å². The molecule has 7 heteroatoms. The number of nitrogen functional groups attached to an aromatic ring is 1. The number of carbonyl (C=O) groups excluding carboxylic acids is 1. The molecule has 1 fully saturated rings. The van der Waals surface area contributed by atoms with Crippen molar-refractivity contribution in [2.24, 2.45) is 0 Å². The van der Waals surface area contributed by atoms with Gasteiger partial charge in [-0.15, -0.1) is 0 Å². The number of nitrogens with zero attached hydrogens (tertiary/aromatic N) is 1. The first kappa shape index (κ1) is 13.8. The number of benzene rings is 1. The fourth-order valence-corrected chi connectivity index (χ4v) is 2.49. The van der Waals surface area contributed by atoms with Crippen molar-refractivity contribution in [3.05, 3.63) is 23.9 Å². The van der Waals surface area contributed by atoms with Crippen molar-refractivity contribution in [1.29, 1.82) is 0 Å². The summed E-state index contributed by atoms with van der Waals surface area (Å²) in [4.78, 5) is 12.3. The smallest absolute Gasteiger partial charge is 0.272 e. The minimum atomic E-state index is -0.444. The highest BCUT2D eigenvalue weighted by molar-refractivity contribution is 6.05. The van der Waals surface area contributed by atoms with Crippen LogP contribution in [0, 0.1) is 0 Å². The van der Waals surface area contributed by atoms with Crippen LogP contribution in [0.1, 0.15) is 16.9 Å². The molecule has 4 N–H and O–H groups in total. The molecule has 0 bridgehead atoms. The molecule has 0 saturated carbocycles. The number of nitrogens with two attached hydrogens (primary N) is 1. The number of anilines is 1. The summed E-state index contributed by atoms with van der Waals surface area (Å²) >= 11 is 0. The Kier molecular flexibility index (Phi) is 3.52. The number of amides is 1. The highest BCUT2D eigenvalue weighted by Gasteiger charge is 2.35. The van der Waals surface area contributed by atoms with E-state index >= 15 is 0 Å². The molecule has 1 aliphatic rings. The SMILES string of the molecule is COC1(CNC(=O)c2n[nH]c3ccc(N)cc23)CCOC1. The van der Waals surface area contributed by atoms with E-state index in [0.29, 0.717) is 36.5 Å². The zero-order valence-corrected chi connectivity index (χ0v) is 11.8. The molecule has 1 aliphatic heterocycles. The summed E-state index contributed by atoms with van der Waals surface area (Å²) in [7, 11) is 1.63. The molecule has 7 nitrogen and oxygen atoms in total. The third-order valence-electron chi connectivity index (χ3n) is 3.87. The standard InChI is InChI=1S/C14H18N4O3/c1-20-14(4-5-21-8-14)7-16-13(19)12-10-6-9(15)2-3-11(10)17-18-12/h2-3,6H,4-5,7-8,15H2,1H3,(H,16,19)(H,17,18). The van der Waals surface area contributed by atoms with E-state index in [0.717, 1.165) is 11.9 Å². The van der Waals surface area contributed by atoms with Gasteiger partial charge in [-0.25, -0.2) is 0 Å². The maximum atomic E-state index is 12.3. The minimum absolute atomic E-state index is 0.254. The van der Waals surface area contributed by atoms with Crippen LogP contribution in [0.4, 0.5) is 5.69 Å². The van der Waals surface area contributed by atoms with Crippen LogP contribution in [0.2, 0.25) is 0 Å². The molecule has 0 aliphatic carbocycles. The number of nitrogens with one attached hydrogen (secondary N) is 2. The van der Waals surface area contributed by atoms with Gasteiger partial charge in [0.1, 0.15) is 5.60 Å². The van der Waals surface area contributed by atoms with Crippen LogP contribution in [0.5, 0.6) is 0 Å². The third kappa shape index (κ3) is 2.57. The van der Waals surface area contributed by atoms with Crippen LogP contribution in [-0.4, -0.2) is 48.6 Å². The summed E-state index contributed by atoms with van der Waals surface area (Å²) < 4.78 is 10.8. The quantitative estimate of drug-likeness (QED) is 0.719. The Labute approximate surface area is 121 Å². The summed E-state index contributed by atoms with van der Waals surface area (Å²) in [5.41, 5.74) is 7.02. The number of ether oxygens (including phenoxy) is 2. The summed E-state index contributed by atoms with van der Waals surface area (Å²) in [6.45, 7) is 1.52. The second kappa shape index (κ2) is 5.34. The van der Waals surface area contributed by atoms with Crippen LogP contribution in [0.15, 0.2) is 18.2 Å². The number of aromatic amines is 1. The largest absolute Gasteiger partial charge is 0.399 e. The molecule has 0 spiro atoms. The minimum Gasteiger partial charge on any atom is -0.399 e. The van der Waals surface area contributed by atoms with Gasteiger partial charge in [-0.3, -0.25) is 9.89 Å². The van der Waals surface area contributed by atoms with Crippen molar-refractivity contribution in [1.82, 2.24) is 15.5 Å². The van der Waals surface area contributed by atoms with Crippen LogP contribution in [0.25, 0.3) is 10.9 Å². The molecule has 1 atom stereocenters. The topological polar surface area (TPSA) is 102 Å². The molecule has 2 heterocycles. The zero-order chi connectivity index (χ0) is 14.9. The van der Waals surface area contributed by atoms with Crippen LogP contribution in [-0.2, 0) is 9.47 Å². The van der Waals surface area contributed by atoms with Gasteiger partial charge in [-0.2, -0.15) is 5.10 Å². The van der Waals surface area contributed by atoms with Gasteiger partial charge in [-0.05, 0) is 18.2 Å². The molecule has 1 unspecified atom stereocenters. The van der Waals surface area contributed by atoms with E-state index in [1.807, 2.05) is 0 Å². The molecule has 3 rings (SSSR count). The van der Waals surface area contributed by atoms with E-state index in [9.17, 15) is 4.79 Å². The highest BCUT2D eigenvalue weighted by atomic mass is 16.5. The molecule has 1 amide bonds. The maximum Gasteiger partial charge on any atom is 0.272 e. The number of H-pyrrole nitrogens is 1. The summed E-state index contributed by atoms with van der Waals surface area (Å²) in [6.07, 6.45) is 0.762. The van der Waals surface area contributed by atoms with Crippen LogP contribution in [0.3, 0.4) is 0 Å². The van der Waals surface area contributed by atoms with Gasteiger partial charge in [0, 0.05) is 37.8 Å². The van der Waals surface area contributed by atoms with Crippen LogP contribution >= 0.6 is 0 Å². The van der Waals surface area contributed by atoms with Crippen molar-refractivity contribution in [3.63, 3.8) is 0 Å². The average Bonchev–Trinajstić information content (AvgIpc) is 3.12. The number of methoxy groups -OCH3 is 1. The molecular weight excluding hydrogens is 272 g/mol. The van der Waals surface area contributed by atoms with E-state index in [-0.39, 0.29) is 5.91 Å². The molecule has 1 aromatic heterocycles. The number of aromatic nitrogens is 2. The summed E-state index contributed by atoms with van der Waals surface area (Å²) in [5.74, 6) is -0.254. The van der Waals surface area contributed by atoms with Crippen molar-refractivity contribution >= 4 is 22.5 Å². The molecular formula is C14H18N4O3. The van der Waals surface area contributed by atoms with Crippen molar-refractivity contribution in [3.8, 4) is 0 Å². The maximum absolute atomic E-state index is 12.3. The Morgan fingerprint density at radius 2 is 2.48 bits per heavy atom. The molecule has 2 aromatic rings. The highest BCUT2D eigenvalue weighted by Crippen LogP contribution is 2.22. The number of hydrogen-bond donors (Lipinski definition) is 3. The Morgan fingerprint density at radius 3 is 3.19 bits per heavy atom. The van der Waals surface area contributed by atoms with E-state index in [2.05, 4.69) is 15.5 Å². The monoisotopic (exact) mass is 290 g/mol. The van der Waals surface area contributed by atoms with Gasteiger partial charge in [-0.1, -0.05) is 0 Å². The number of hydrogen-bond acceptors (Lipinski definition) is 5. The van der Waals surface area contributed by atoms with Crippen molar-refractivity contribution < 1.29 is 14.3 Å². The number of carbonyl (C=O) groups is 1. The Morgan fingerprint density at radius 1 is 1.62 bits per heavy atom. The van der Waals surface area contributed by atoms with Crippen LogP contribution < -0.4 is 11.1 Å². The van der Waals surface area contributed by atoms with Gasteiger partial charge in [0.25, 0.3) is 5.91 Å². The van der Waals surface area contributed by atoms with E-state index in [4.69, 9.17) is 15.2 Å². The van der Waals surface area contributed by atoms with E-state index < -0.39 is 5.60 Å². The van der Waals surface area contributed by atoms with Gasteiger partial charge < -0.3 is 20.5 Å². The van der Waals surface area contributed by atoms with Gasteiger partial charge in [0.15, 0.2) is 5.69 Å². The Bertz CT molecular complexity index is 661. The van der Waals surface area contributed by atoms with Gasteiger partial charge in [0.2, 0.25) is 0 Å². The molecule has 0 radical (unpaired) electrons. The molecule has 21 heavy (non-hydrogen) atoms. The fraction of sp³-hybridized carbons (Fsp3) is 0.429. The van der Waals surface area contributed by atoms with Crippen molar-refractivity contribution in [2.75, 3.05) is 32.6 Å². The van der Waals surface area contributed by atoms with Gasteiger partial charge >= 0.3 is 0 Å². The van der Waals surface area contributed by atoms with Crippen molar-refractivity contribution in [2.45, 2.75) is 12.0 Å². The summed E-state index contributed by atoms with van der Waals surface area (Å²) in [6, 6.07) is 5.30. The lowest BCUT2D eigenvalue weighted by Gasteiger charge is -2.25. The van der Waals surface area contributed by atoms with E-state index in [1.165, 1.54) is 0 Å². The molecule has 112 valence electrons. The summed E-state index contributed by atoms with van der Waals surface area (Å²) in [5, 5.41) is 10.5. The molecule has 1 aromatic carbocycles. The fourth-order valence-electron chi connectivity index (χ4n) is 2.49. The second-order valence-electron chi connectivity index (χ2n) is 5.25. The normalized spacial score (nSPS) is 21.8. The lowest BCUT2D eigenvalue weighted by molar-refractivity contribution is -0.0149. The first-order valence-corrected chi connectivity index (χ1v) is 6.78. The predicted molar refractivity (Wildman–Crippen MR) is 78.0 cm³/mol. The number of fused-ring (bicyclic) bond motifs is 1. The first-order valence-electron chi connectivity index (χ1n) is 6.78. The lowest BCUT2D eigenvalue weighted by Crippen LogP contribution is -2.45. The Balaban J connectivity index is 1.76. The lowest BCUT2D eigenvalue weighted by atomic mass is 10.0. The van der Waals surface area contributed by atoms with Gasteiger partial charge in [0.05, 0.1) is 12.1 Å². The number of rotatable bonds is 4. The predicted octanol–water partition coefficient (Wildman–Crippen LogP) is 0.680.